The Morgan fingerprint density at radius 1 is 1.32 bits per heavy atom. The fourth-order valence-electron chi connectivity index (χ4n) is 3.08. The van der Waals surface area contributed by atoms with Crippen molar-refractivity contribution in [1.82, 2.24) is 5.32 Å². The number of rotatable bonds is 6. The lowest BCUT2D eigenvalue weighted by atomic mass is 9.94. The molecular weight excluding hydrogens is 387 g/mol. The molecule has 0 spiro atoms. The number of amides is 1. The van der Waals surface area contributed by atoms with Gasteiger partial charge >= 0.3 is 0 Å². The van der Waals surface area contributed by atoms with E-state index in [-0.39, 0.29) is 17.3 Å². The number of ether oxygens (including phenoxy) is 1. The monoisotopic (exact) mass is 408 g/mol. The van der Waals surface area contributed by atoms with Gasteiger partial charge in [0, 0.05) is 18.2 Å². The molecule has 1 aliphatic heterocycles. The summed E-state index contributed by atoms with van der Waals surface area (Å²) in [5, 5.41) is 25.8. The molecule has 28 heavy (non-hydrogen) atoms. The lowest BCUT2D eigenvalue weighted by molar-refractivity contribution is -0.128. The van der Waals surface area contributed by atoms with Crippen molar-refractivity contribution in [3.05, 3.63) is 52.8 Å². The van der Waals surface area contributed by atoms with Crippen LogP contribution >= 0.6 is 11.6 Å². The van der Waals surface area contributed by atoms with Crippen LogP contribution in [0.1, 0.15) is 19.4 Å². The molecule has 1 amide bonds. The molecule has 2 unspecified atom stereocenters. The van der Waals surface area contributed by atoms with Crippen LogP contribution in [-0.4, -0.2) is 40.4 Å². The van der Waals surface area contributed by atoms with Crippen LogP contribution in [0, 0.1) is 5.82 Å². The van der Waals surface area contributed by atoms with Gasteiger partial charge in [0.2, 0.25) is 6.10 Å². The molecule has 2 aromatic carbocycles. The number of anilines is 1. The average Bonchev–Trinajstić information content (AvgIpc) is 2.62. The first-order valence-corrected chi connectivity index (χ1v) is 9.20. The van der Waals surface area contributed by atoms with E-state index < -0.39 is 29.5 Å². The predicted molar refractivity (Wildman–Crippen MR) is 104 cm³/mol. The fraction of sp³-hybridized carbons (Fsp3) is 0.350. The molecule has 0 radical (unpaired) electrons. The van der Waals surface area contributed by atoms with Gasteiger partial charge in [0.05, 0.1) is 10.7 Å². The van der Waals surface area contributed by atoms with Crippen molar-refractivity contribution in [3.63, 3.8) is 0 Å². The molecule has 6 nitrogen and oxygen atoms in total. The predicted octanol–water partition coefficient (Wildman–Crippen LogP) is 2.86. The second kappa shape index (κ2) is 7.95. The quantitative estimate of drug-likeness (QED) is 0.590. The molecule has 4 N–H and O–H groups in total. The summed E-state index contributed by atoms with van der Waals surface area (Å²) in [5.41, 5.74) is 0.636. The molecule has 0 aromatic heterocycles. The van der Waals surface area contributed by atoms with E-state index >= 15 is 0 Å². The first-order valence-electron chi connectivity index (χ1n) is 8.82. The highest BCUT2D eigenvalue weighted by atomic mass is 35.5. The van der Waals surface area contributed by atoms with E-state index in [0.717, 1.165) is 5.56 Å². The Labute approximate surface area is 167 Å². The minimum Gasteiger partial charge on any atom is -0.508 e. The van der Waals surface area contributed by atoms with Crippen molar-refractivity contribution in [2.75, 3.05) is 11.9 Å². The Hall–Kier alpha value is -2.35. The normalized spacial score (nSPS) is 17.5. The summed E-state index contributed by atoms with van der Waals surface area (Å²) >= 11 is 5.71. The fourth-order valence-corrected chi connectivity index (χ4v) is 3.19. The average molecular weight is 409 g/mol. The zero-order chi connectivity index (χ0) is 20.5. The Bertz CT molecular complexity index is 891. The standard InChI is InChI=1S/C20H22ClFN2O4/c1-20(2,9-11-3-5-13(21)14(22)7-11)23-10-16(26)18-19(27)24-15-8-12(25)4-6-17(15)28-18/h3-8,16,18,23,25-26H,9-10H2,1-2H3,(H,24,27). The van der Waals surface area contributed by atoms with Crippen molar-refractivity contribution >= 4 is 23.2 Å². The van der Waals surface area contributed by atoms with Gasteiger partial charge in [-0.1, -0.05) is 17.7 Å². The van der Waals surface area contributed by atoms with E-state index in [0.29, 0.717) is 17.9 Å². The second-order valence-electron chi connectivity index (χ2n) is 7.47. The van der Waals surface area contributed by atoms with Crippen LogP contribution in [0.25, 0.3) is 0 Å². The first-order chi connectivity index (χ1) is 13.1. The third-order valence-corrected chi connectivity index (χ3v) is 4.81. The maximum Gasteiger partial charge on any atom is 0.268 e. The lowest BCUT2D eigenvalue weighted by Gasteiger charge is -2.32. The molecule has 0 saturated heterocycles. The number of fused-ring (bicyclic) bond motifs is 1. The molecule has 3 rings (SSSR count). The van der Waals surface area contributed by atoms with Crippen molar-refractivity contribution < 1.29 is 24.1 Å². The number of aliphatic hydroxyl groups excluding tert-OH is 1. The summed E-state index contributed by atoms with van der Waals surface area (Å²) < 4.78 is 19.2. The molecule has 1 heterocycles. The van der Waals surface area contributed by atoms with Gasteiger partial charge in [-0.3, -0.25) is 4.79 Å². The molecule has 8 heteroatoms. The van der Waals surface area contributed by atoms with Gasteiger partial charge < -0.3 is 25.6 Å². The summed E-state index contributed by atoms with van der Waals surface area (Å²) in [7, 11) is 0. The first kappa shape index (κ1) is 20.4. The van der Waals surface area contributed by atoms with Crippen molar-refractivity contribution in [2.24, 2.45) is 0 Å². The zero-order valence-corrected chi connectivity index (χ0v) is 16.3. The van der Waals surface area contributed by atoms with Gasteiger partial charge in [-0.25, -0.2) is 4.39 Å². The summed E-state index contributed by atoms with van der Waals surface area (Å²) in [4.78, 5) is 12.2. The largest absolute Gasteiger partial charge is 0.508 e. The highest BCUT2D eigenvalue weighted by Gasteiger charge is 2.34. The topological polar surface area (TPSA) is 90.8 Å². The minimum absolute atomic E-state index is 0.00343. The number of nitrogens with one attached hydrogen (secondary N) is 2. The van der Waals surface area contributed by atoms with Crippen LogP contribution < -0.4 is 15.4 Å². The maximum atomic E-state index is 13.6. The number of aromatic hydroxyl groups is 1. The molecule has 0 saturated carbocycles. The number of carbonyl (C=O) groups excluding carboxylic acids is 1. The van der Waals surface area contributed by atoms with Crippen molar-refractivity contribution in [1.29, 1.82) is 0 Å². The van der Waals surface area contributed by atoms with Gasteiger partial charge in [-0.2, -0.15) is 0 Å². The molecule has 0 fully saturated rings. The van der Waals surface area contributed by atoms with Crippen LogP contribution in [0.4, 0.5) is 10.1 Å². The number of carbonyl (C=O) groups is 1. The molecule has 2 aromatic rings. The van der Waals surface area contributed by atoms with Gasteiger partial charge in [0.25, 0.3) is 5.91 Å². The van der Waals surface area contributed by atoms with Crippen LogP contribution in [0.2, 0.25) is 5.02 Å². The Morgan fingerprint density at radius 3 is 2.79 bits per heavy atom. The highest BCUT2D eigenvalue weighted by molar-refractivity contribution is 6.30. The van der Waals surface area contributed by atoms with Crippen molar-refractivity contribution in [2.45, 2.75) is 38.0 Å². The molecule has 0 bridgehead atoms. The Morgan fingerprint density at radius 2 is 2.07 bits per heavy atom. The van der Waals surface area contributed by atoms with Crippen LogP contribution in [-0.2, 0) is 11.2 Å². The Kier molecular flexibility index (Phi) is 5.79. The van der Waals surface area contributed by atoms with Crippen LogP contribution in [0.3, 0.4) is 0 Å². The minimum atomic E-state index is -1.11. The third-order valence-electron chi connectivity index (χ3n) is 4.50. The summed E-state index contributed by atoms with van der Waals surface area (Å²) in [5.74, 6) is -0.599. The van der Waals surface area contributed by atoms with Crippen LogP contribution in [0.15, 0.2) is 36.4 Å². The second-order valence-corrected chi connectivity index (χ2v) is 7.87. The molecule has 1 aliphatic rings. The number of β-amino-alcohol motifs (C(OH)–C–C–N with tert-alkyl or cyclic N) is 1. The number of phenols is 1. The molecular formula is C20H22ClFN2O4. The molecule has 150 valence electrons. The third kappa shape index (κ3) is 4.73. The van der Waals surface area contributed by atoms with Gasteiger partial charge in [-0.05, 0) is 50.1 Å². The zero-order valence-electron chi connectivity index (χ0n) is 15.5. The Balaban J connectivity index is 1.61. The number of halogens is 2. The van der Waals surface area contributed by atoms with E-state index in [4.69, 9.17) is 16.3 Å². The van der Waals surface area contributed by atoms with Crippen molar-refractivity contribution in [3.8, 4) is 11.5 Å². The molecule has 2 atom stereocenters. The maximum absolute atomic E-state index is 13.6. The van der Waals surface area contributed by atoms with E-state index in [2.05, 4.69) is 10.6 Å². The van der Waals surface area contributed by atoms with E-state index in [9.17, 15) is 19.4 Å². The number of hydrogen-bond acceptors (Lipinski definition) is 5. The highest BCUT2D eigenvalue weighted by Crippen LogP contribution is 2.33. The summed E-state index contributed by atoms with van der Waals surface area (Å²) in [6.45, 7) is 3.91. The smallest absolute Gasteiger partial charge is 0.268 e. The molecule has 0 aliphatic carbocycles. The summed E-state index contributed by atoms with van der Waals surface area (Å²) in [6, 6.07) is 8.97. The van der Waals surface area contributed by atoms with Gasteiger partial charge in [0.1, 0.15) is 23.4 Å². The van der Waals surface area contributed by atoms with E-state index in [1.165, 1.54) is 30.3 Å². The van der Waals surface area contributed by atoms with Gasteiger partial charge in [-0.15, -0.1) is 0 Å². The van der Waals surface area contributed by atoms with Gasteiger partial charge in [0.15, 0.2) is 0 Å². The number of benzene rings is 2. The SMILES string of the molecule is CC(C)(Cc1ccc(Cl)c(F)c1)NCC(O)C1Oc2ccc(O)cc2NC1=O. The van der Waals surface area contributed by atoms with Crippen LogP contribution in [0.5, 0.6) is 11.5 Å². The van der Waals surface area contributed by atoms with E-state index in [1.807, 2.05) is 13.8 Å². The lowest BCUT2D eigenvalue weighted by Crippen LogP contribution is -2.53. The number of phenolic OH excluding ortho intramolecular Hbond substituents is 1. The number of aliphatic hydroxyl groups is 1. The van der Waals surface area contributed by atoms with E-state index in [1.54, 1.807) is 6.07 Å². The summed E-state index contributed by atoms with van der Waals surface area (Å²) in [6.07, 6.45) is -1.70. The number of hydrogen-bond donors (Lipinski definition) is 4.